The van der Waals surface area contributed by atoms with Crippen molar-refractivity contribution in [1.29, 1.82) is 0 Å². The number of benzene rings is 1. The molecule has 6 heteroatoms. The molecule has 3 rings (SSSR count). The van der Waals surface area contributed by atoms with Gasteiger partial charge in [0, 0.05) is 15.7 Å². The minimum absolute atomic E-state index is 0.375. The van der Waals surface area contributed by atoms with Gasteiger partial charge in [-0.05, 0) is 32.4 Å². The van der Waals surface area contributed by atoms with Crippen LogP contribution in [-0.2, 0) is 0 Å². The van der Waals surface area contributed by atoms with E-state index in [1.54, 1.807) is 0 Å². The smallest absolute Gasteiger partial charge is 0.199 e. The van der Waals surface area contributed by atoms with Crippen molar-refractivity contribution >= 4 is 33.2 Å². The molecule has 20 heavy (non-hydrogen) atoms. The van der Waals surface area contributed by atoms with E-state index in [0.717, 1.165) is 32.8 Å². The molecule has 0 saturated carbocycles. The number of nitrogens with zero attached hydrogens (tertiary/aromatic N) is 4. The quantitative estimate of drug-likeness (QED) is 0.662. The van der Waals surface area contributed by atoms with E-state index in [-0.39, 0.29) is 0 Å². The average Bonchev–Trinajstić information content (AvgIpc) is 2.84. The summed E-state index contributed by atoms with van der Waals surface area (Å²) in [5.74, 6) is 0.781. The molecule has 0 unspecified atom stereocenters. The summed E-state index contributed by atoms with van der Waals surface area (Å²) < 4.78 is 3.00. The molecule has 0 spiro atoms. The lowest BCUT2D eigenvalue weighted by molar-refractivity contribution is 0.998. The van der Waals surface area contributed by atoms with Crippen LogP contribution < -0.4 is 0 Å². The molecule has 4 nitrogen and oxygen atoms in total. The van der Waals surface area contributed by atoms with E-state index in [0.29, 0.717) is 10.8 Å². The zero-order valence-electron chi connectivity index (χ0n) is 11.3. The number of halogens is 2. The molecule has 0 amide bonds. The number of hydrogen-bond donors (Lipinski definition) is 0. The third kappa shape index (κ3) is 1.93. The van der Waals surface area contributed by atoms with Crippen LogP contribution in [0.15, 0.2) is 22.7 Å². The Morgan fingerprint density at radius 2 is 1.90 bits per heavy atom. The van der Waals surface area contributed by atoms with Gasteiger partial charge in [-0.15, -0.1) is 10.2 Å². The third-order valence-electron chi connectivity index (χ3n) is 3.48. The van der Waals surface area contributed by atoms with Gasteiger partial charge in [-0.3, -0.25) is 4.40 Å². The number of aryl methyl sites for hydroxylation is 2. The summed E-state index contributed by atoms with van der Waals surface area (Å²) >= 11 is 9.71. The lowest BCUT2D eigenvalue weighted by atomic mass is 10.1. The minimum atomic E-state index is 0.375. The molecule has 0 radical (unpaired) electrons. The second-order valence-electron chi connectivity index (χ2n) is 4.67. The predicted octanol–water partition coefficient (Wildman–Crippen LogP) is 4.13. The normalized spacial score (nSPS) is 11.2. The summed E-state index contributed by atoms with van der Waals surface area (Å²) in [6.45, 7) is 5.97. The Hall–Kier alpha value is -1.46. The molecular formula is C14H12BrClN4. The summed E-state index contributed by atoms with van der Waals surface area (Å²) in [5, 5.41) is 8.84. The second kappa shape index (κ2) is 4.82. The van der Waals surface area contributed by atoms with E-state index in [1.165, 1.54) is 0 Å². The Bertz CT molecular complexity index is 826. The lowest BCUT2D eigenvalue weighted by Crippen LogP contribution is -2.01. The fraction of sp³-hybridized carbons (Fsp3) is 0.214. The van der Waals surface area contributed by atoms with Crippen LogP contribution in [0.2, 0.25) is 5.15 Å². The van der Waals surface area contributed by atoms with Crippen molar-refractivity contribution in [3.05, 3.63) is 44.8 Å². The summed E-state index contributed by atoms with van der Waals surface area (Å²) in [7, 11) is 0. The fourth-order valence-corrected chi connectivity index (χ4v) is 2.81. The van der Waals surface area contributed by atoms with Crippen molar-refractivity contribution < 1.29 is 0 Å². The van der Waals surface area contributed by atoms with E-state index >= 15 is 0 Å². The van der Waals surface area contributed by atoms with Crippen molar-refractivity contribution in [2.24, 2.45) is 0 Å². The first kappa shape index (κ1) is 13.5. The summed E-state index contributed by atoms with van der Waals surface area (Å²) in [4.78, 5) is 4.28. The van der Waals surface area contributed by atoms with Gasteiger partial charge in [-0.2, -0.15) is 0 Å². The predicted molar refractivity (Wildman–Crippen MR) is 83.1 cm³/mol. The van der Waals surface area contributed by atoms with Gasteiger partial charge in [-0.1, -0.05) is 39.7 Å². The van der Waals surface area contributed by atoms with Crippen LogP contribution >= 0.6 is 27.5 Å². The molecular weight excluding hydrogens is 340 g/mol. The highest BCUT2D eigenvalue weighted by molar-refractivity contribution is 9.10. The van der Waals surface area contributed by atoms with Crippen LogP contribution in [-0.4, -0.2) is 19.6 Å². The van der Waals surface area contributed by atoms with Gasteiger partial charge in [-0.25, -0.2) is 4.98 Å². The molecule has 1 aromatic carbocycles. The SMILES string of the molecule is Cc1nc(Cl)c2nnc(-c3cccc(Br)c3C)n2c1C. The topological polar surface area (TPSA) is 43.1 Å². The Balaban J connectivity index is 2.41. The largest absolute Gasteiger partial charge is 0.275 e. The molecule has 0 aliphatic rings. The first-order valence-electron chi connectivity index (χ1n) is 6.14. The van der Waals surface area contributed by atoms with Crippen LogP contribution in [0.25, 0.3) is 17.0 Å². The Morgan fingerprint density at radius 1 is 1.15 bits per heavy atom. The van der Waals surface area contributed by atoms with E-state index in [4.69, 9.17) is 11.6 Å². The van der Waals surface area contributed by atoms with Crippen molar-refractivity contribution in [3.8, 4) is 11.4 Å². The molecule has 3 aromatic rings. The maximum absolute atomic E-state index is 6.16. The fourth-order valence-electron chi connectivity index (χ4n) is 2.20. The van der Waals surface area contributed by atoms with E-state index in [9.17, 15) is 0 Å². The Kier molecular flexibility index (Phi) is 3.26. The van der Waals surface area contributed by atoms with Gasteiger partial charge < -0.3 is 0 Å². The monoisotopic (exact) mass is 350 g/mol. The lowest BCUT2D eigenvalue weighted by Gasteiger charge is -2.09. The second-order valence-corrected chi connectivity index (χ2v) is 5.88. The first-order valence-corrected chi connectivity index (χ1v) is 7.31. The highest BCUT2D eigenvalue weighted by atomic mass is 79.9. The maximum Gasteiger partial charge on any atom is 0.199 e. The summed E-state index contributed by atoms with van der Waals surface area (Å²) in [6.07, 6.45) is 0. The summed E-state index contributed by atoms with van der Waals surface area (Å²) in [6, 6.07) is 6.02. The molecule has 0 saturated heterocycles. The molecule has 0 N–H and O–H groups in total. The molecule has 2 heterocycles. The number of fused-ring (bicyclic) bond motifs is 1. The van der Waals surface area contributed by atoms with Gasteiger partial charge in [0.05, 0.1) is 5.69 Å². The molecule has 2 aromatic heterocycles. The average molecular weight is 352 g/mol. The van der Waals surface area contributed by atoms with Crippen molar-refractivity contribution in [3.63, 3.8) is 0 Å². The van der Waals surface area contributed by atoms with Crippen molar-refractivity contribution in [2.45, 2.75) is 20.8 Å². The van der Waals surface area contributed by atoms with Gasteiger partial charge in [0.2, 0.25) is 0 Å². The Labute approximate surface area is 129 Å². The standard InChI is InChI=1S/C14H12BrClN4/c1-7-10(5-4-6-11(7)15)13-18-19-14-12(16)17-8(2)9(3)20(13)14/h4-6H,1-3H3. The molecule has 0 aliphatic carbocycles. The van der Waals surface area contributed by atoms with E-state index in [1.807, 2.05) is 43.4 Å². The van der Waals surface area contributed by atoms with Crippen molar-refractivity contribution in [1.82, 2.24) is 19.6 Å². The van der Waals surface area contributed by atoms with Gasteiger partial charge in [0.1, 0.15) is 0 Å². The minimum Gasteiger partial charge on any atom is -0.275 e. The zero-order chi connectivity index (χ0) is 14.4. The number of hydrogen-bond acceptors (Lipinski definition) is 3. The van der Waals surface area contributed by atoms with Gasteiger partial charge in [0.15, 0.2) is 16.6 Å². The van der Waals surface area contributed by atoms with Crippen LogP contribution in [0, 0.1) is 20.8 Å². The Morgan fingerprint density at radius 3 is 2.65 bits per heavy atom. The molecule has 0 fully saturated rings. The van der Waals surface area contributed by atoms with E-state index < -0.39 is 0 Å². The molecule has 102 valence electrons. The zero-order valence-corrected chi connectivity index (χ0v) is 13.6. The number of rotatable bonds is 1. The number of aromatic nitrogens is 4. The van der Waals surface area contributed by atoms with Crippen LogP contribution in [0.4, 0.5) is 0 Å². The van der Waals surface area contributed by atoms with Crippen molar-refractivity contribution in [2.75, 3.05) is 0 Å². The van der Waals surface area contributed by atoms with E-state index in [2.05, 4.69) is 31.1 Å². The third-order valence-corrected chi connectivity index (χ3v) is 4.59. The first-order chi connectivity index (χ1) is 9.50. The van der Waals surface area contributed by atoms with Gasteiger partial charge in [0.25, 0.3) is 0 Å². The van der Waals surface area contributed by atoms with Crippen LogP contribution in [0.3, 0.4) is 0 Å². The van der Waals surface area contributed by atoms with Gasteiger partial charge >= 0.3 is 0 Å². The molecule has 0 aliphatic heterocycles. The highest BCUT2D eigenvalue weighted by Gasteiger charge is 2.17. The maximum atomic E-state index is 6.16. The summed E-state index contributed by atoms with van der Waals surface area (Å²) in [5.41, 5.74) is 4.59. The molecule has 0 atom stereocenters. The van der Waals surface area contributed by atoms with Crippen LogP contribution in [0.5, 0.6) is 0 Å². The highest BCUT2D eigenvalue weighted by Crippen LogP contribution is 2.29. The molecule has 0 bridgehead atoms. The van der Waals surface area contributed by atoms with Crippen LogP contribution in [0.1, 0.15) is 17.0 Å².